The molecule has 0 aliphatic carbocycles. The number of H-pyrrole nitrogens is 1. The van der Waals surface area contributed by atoms with Crippen molar-refractivity contribution in [2.24, 2.45) is 10.2 Å². The third kappa shape index (κ3) is 4.29. The van der Waals surface area contributed by atoms with Gasteiger partial charge in [0.15, 0.2) is 0 Å². The molecule has 9 heteroatoms. The summed E-state index contributed by atoms with van der Waals surface area (Å²) in [6, 6.07) is 23.0. The zero-order chi connectivity index (χ0) is 23.7. The molecule has 0 atom stereocenters. The number of azo groups is 1. The van der Waals surface area contributed by atoms with Gasteiger partial charge in [-0.1, -0.05) is 54.6 Å². The van der Waals surface area contributed by atoms with Gasteiger partial charge in [0.2, 0.25) is 0 Å². The number of benzene rings is 4. The average Bonchev–Trinajstić information content (AvgIpc) is 3.25. The molecule has 1 heterocycles. The van der Waals surface area contributed by atoms with Crippen molar-refractivity contribution < 1.29 is 13.0 Å². The van der Waals surface area contributed by atoms with Gasteiger partial charge in [-0.05, 0) is 42.0 Å². The van der Waals surface area contributed by atoms with Gasteiger partial charge in [0.25, 0.3) is 10.1 Å². The molecule has 0 spiro atoms. The molecule has 1 aromatic heterocycles. The second-order valence-electron chi connectivity index (χ2n) is 7.60. The molecular formula is C25H19N5O3S. The summed E-state index contributed by atoms with van der Waals surface area (Å²) in [6.07, 6.45) is 3.77. The van der Waals surface area contributed by atoms with E-state index in [1.807, 2.05) is 54.6 Å². The molecule has 0 saturated heterocycles. The number of hydrogen-bond donors (Lipinski definition) is 3. The summed E-state index contributed by atoms with van der Waals surface area (Å²) in [5, 5.41) is 9.18. The van der Waals surface area contributed by atoms with E-state index in [1.165, 1.54) is 6.07 Å². The van der Waals surface area contributed by atoms with Crippen LogP contribution in [-0.2, 0) is 10.1 Å². The van der Waals surface area contributed by atoms with Crippen molar-refractivity contribution in [1.29, 1.82) is 0 Å². The van der Waals surface area contributed by atoms with Crippen LogP contribution in [0, 0.1) is 0 Å². The van der Waals surface area contributed by atoms with Crippen LogP contribution >= 0.6 is 0 Å². The molecule has 4 N–H and O–H groups in total. The number of rotatable bonds is 5. The van der Waals surface area contributed by atoms with Gasteiger partial charge in [0.05, 0.1) is 22.4 Å². The van der Waals surface area contributed by atoms with Crippen molar-refractivity contribution >= 4 is 61.1 Å². The zero-order valence-electron chi connectivity index (χ0n) is 17.8. The molecule has 5 aromatic rings. The van der Waals surface area contributed by atoms with Gasteiger partial charge in [0.1, 0.15) is 16.4 Å². The molecule has 0 bridgehead atoms. The van der Waals surface area contributed by atoms with E-state index in [1.54, 1.807) is 30.3 Å². The van der Waals surface area contributed by atoms with Crippen LogP contribution in [0.2, 0.25) is 0 Å². The van der Waals surface area contributed by atoms with Crippen LogP contribution in [0.4, 0.5) is 17.1 Å². The minimum atomic E-state index is -4.48. The molecule has 0 aliphatic heterocycles. The number of anilines is 1. The van der Waals surface area contributed by atoms with Crippen LogP contribution in [0.25, 0.3) is 34.0 Å². The number of imidazole rings is 1. The maximum absolute atomic E-state index is 11.9. The zero-order valence-corrected chi connectivity index (χ0v) is 18.6. The number of fused-ring (bicyclic) bond motifs is 2. The third-order valence-corrected chi connectivity index (χ3v) is 6.18. The Morgan fingerprint density at radius 3 is 2.44 bits per heavy atom. The lowest BCUT2D eigenvalue weighted by Gasteiger charge is -2.09. The number of nitrogens with one attached hydrogen (secondary N) is 1. The number of nitrogens with two attached hydrogens (primary N) is 1. The first-order valence-corrected chi connectivity index (χ1v) is 11.8. The summed E-state index contributed by atoms with van der Waals surface area (Å²) in [5.41, 5.74) is 9.91. The first-order valence-electron chi connectivity index (χ1n) is 10.3. The highest BCUT2D eigenvalue weighted by Crippen LogP contribution is 2.36. The summed E-state index contributed by atoms with van der Waals surface area (Å²) in [7, 11) is -4.48. The van der Waals surface area contributed by atoms with Crippen molar-refractivity contribution in [3.8, 4) is 0 Å². The molecule has 168 valence electrons. The third-order valence-electron chi connectivity index (χ3n) is 5.29. The standard InChI is InChI=1S/C25H19N5O3S/c26-25-19-9-2-1-8-18(19)23(34(31,32)33)15-22(25)30-29-17-7-5-6-16(14-17)12-13-24-27-20-10-3-4-11-21(20)28-24/h1-15H,26H2,(H,27,28)(H,31,32,33)/b13-12-,30-29?. The van der Waals surface area contributed by atoms with E-state index in [9.17, 15) is 13.0 Å². The highest BCUT2D eigenvalue weighted by molar-refractivity contribution is 7.86. The minimum Gasteiger partial charge on any atom is -0.396 e. The van der Waals surface area contributed by atoms with Crippen molar-refractivity contribution in [1.82, 2.24) is 9.97 Å². The largest absolute Gasteiger partial charge is 0.396 e. The number of aromatic nitrogens is 2. The molecule has 0 radical (unpaired) electrons. The number of aromatic amines is 1. The maximum Gasteiger partial charge on any atom is 0.295 e. The van der Waals surface area contributed by atoms with E-state index in [0.29, 0.717) is 16.5 Å². The van der Waals surface area contributed by atoms with Crippen LogP contribution in [0.1, 0.15) is 11.4 Å². The highest BCUT2D eigenvalue weighted by atomic mass is 32.2. The number of para-hydroxylation sites is 2. The molecule has 5 rings (SSSR count). The fourth-order valence-electron chi connectivity index (χ4n) is 3.68. The Morgan fingerprint density at radius 1 is 0.882 bits per heavy atom. The van der Waals surface area contributed by atoms with E-state index < -0.39 is 10.1 Å². The van der Waals surface area contributed by atoms with Crippen LogP contribution < -0.4 is 5.73 Å². The van der Waals surface area contributed by atoms with Crippen LogP contribution in [0.15, 0.2) is 94.0 Å². The predicted molar refractivity (Wildman–Crippen MR) is 134 cm³/mol. The quantitative estimate of drug-likeness (QED) is 0.162. The first-order chi connectivity index (χ1) is 16.4. The molecule has 34 heavy (non-hydrogen) atoms. The minimum absolute atomic E-state index is 0.148. The molecule has 0 aliphatic rings. The molecular weight excluding hydrogens is 450 g/mol. The normalized spacial score (nSPS) is 12.4. The highest BCUT2D eigenvalue weighted by Gasteiger charge is 2.18. The van der Waals surface area contributed by atoms with E-state index in [4.69, 9.17) is 5.73 Å². The Balaban J connectivity index is 1.46. The molecule has 8 nitrogen and oxygen atoms in total. The van der Waals surface area contributed by atoms with E-state index in [-0.39, 0.29) is 16.3 Å². The maximum atomic E-state index is 11.9. The summed E-state index contributed by atoms with van der Waals surface area (Å²) in [5.74, 6) is 0.731. The Morgan fingerprint density at radius 2 is 1.65 bits per heavy atom. The van der Waals surface area contributed by atoms with E-state index >= 15 is 0 Å². The molecule has 0 unspecified atom stereocenters. The van der Waals surface area contributed by atoms with E-state index in [0.717, 1.165) is 22.4 Å². The summed E-state index contributed by atoms with van der Waals surface area (Å²) in [4.78, 5) is 7.49. The Labute approximate surface area is 195 Å². The van der Waals surface area contributed by atoms with Gasteiger partial charge in [-0.3, -0.25) is 4.55 Å². The smallest absolute Gasteiger partial charge is 0.295 e. The van der Waals surface area contributed by atoms with Gasteiger partial charge in [0, 0.05) is 10.8 Å². The number of nitrogen functional groups attached to an aromatic ring is 1. The van der Waals surface area contributed by atoms with E-state index in [2.05, 4.69) is 20.2 Å². The van der Waals surface area contributed by atoms with Gasteiger partial charge >= 0.3 is 0 Å². The summed E-state index contributed by atoms with van der Waals surface area (Å²) >= 11 is 0. The van der Waals surface area contributed by atoms with Crippen LogP contribution in [0.5, 0.6) is 0 Å². The van der Waals surface area contributed by atoms with Crippen molar-refractivity contribution in [2.45, 2.75) is 4.90 Å². The Hall–Kier alpha value is -4.34. The molecule has 0 saturated carbocycles. The number of hydrogen-bond acceptors (Lipinski definition) is 6. The van der Waals surface area contributed by atoms with Crippen LogP contribution in [0.3, 0.4) is 0 Å². The van der Waals surface area contributed by atoms with Crippen LogP contribution in [-0.4, -0.2) is 22.9 Å². The Kier molecular flexibility index (Phi) is 5.40. The fraction of sp³-hybridized carbons (Fsp3) is 0. The number of nitrogens with zero attached hydrogens (tertiary/aromatic N) is 3. The van der Waals surface area contributed by atoms with Crippen molar-refractivity contribution in [3.63, 3.8) is 0 Å². The lowest BCUT2D eigenvalue weighted by molar-refractivity contribution is 0.484. The first kappa shape index (κ1) is 21.5. The lowest BCUT2D eigenvalue weighted by Crippen LogP contribution is -2.01. The molecule has 0 amide bonds. The van der Waals surface area contributed by atoms with Gasteiger partial charge < -0.3 is 10.7 Å². The summed E-state index contributed by atoms with van der Waals surface area (Å²) in [6.45, 7) is 0. The van der Waals surface area contributed by atoms with Gasteiger partial charge in [-0.15, -0.1) is 5.11 Å². The average molecular weight is 470 g/mol. The predicted octanol–water partition coefficient (Wildman–Crippen LogP) is 6.13. The summed E-state index contributed by atoms with van der Waals surface area (Å²) < 4.78 is 33.5. The van der Waals surface area contributed by atoms with Gasteiger partial charge in [-0.25, -0.2) is 4.98 Å². The topological polar surface area (TPSA) is 134 Å². The molecule has 0 fully saturated rings. The fourth-order valence-corrected chi connectivity index (χ4v) is 4.39. The van der Waals surface area contributed by atoms with Gasteiger partial charge in [-0.2, -0.15) is 13.5 Å². The Bertz CT molecular complexity index is 1670. The SMILES string of the molecule is Nc1c(N=Nc2cccc(/C=C\c3nc4ccccc4[nH]3)c2)cc(S(=O)(=O)O)c2ccccc12. The second-order valence-corrected chi connectivity index (χ2v) is 8.99. The molecule has 4 aromatic carbocycles. The van der Waals surface area contributed by atoms with Crippen molar-refractivity contribution in [2.75, 3.05) is 5.73 Å². The monoisotopic (exact) mass is 469 g/mol. The lowest BCUT2D eigenvalue weighted by atomic mass is 10.1. The second kappa shape index (κ2) is 8.54. The van der Waals surface area contributed by atoms with Crippen molar-refractivity contribution in [3.05, 3.63) is 90.3 Å².